The van der Waals surface area contributed by atoms with Gasteiger partial charge >= 0.3 is 0 Å². The second-order valence-electron chi connectivity index (χ2n) is 8.60. The Morgan fingerprint density at radius 1 is 0.969 bits per heavy atom. The fraction of sp³-hybridized carbons (Fsp3) is 0.346. The maximum Gasteiger partial charge on any atom is 0.192 e. The molecule has 3 heterocycles. The van der Waals surface area contributed by atoms with Gasteiger partial charge in [-0.05, 0) is 67.3 Å². The van der Waals surface area contributed by atoms with Crippen LogP contribution in [0.4, 0.5) is 5.69 Å². The third kappa shape index (κ3) is 4.29. The van der Waals surface area contributed by atoms with Crippen LogP contribution < -0.4 is 10.3 Å². The summed E-state index contributed by atoms with van der Waals surface area (Å²) in [6.07, 6.45) is 6.93. The molecule has 5 rings (SSSR count). The van der Waals surface area contributed by atoms with E-state index in [1.165, 1.54) is 29.7 Å². The summed E-state index contributed by atoms with van der Waals surface area (Å²) >= 11 is 0. The molecule has 0 atom stereocenters. The van der Waals surface area contributed by atoms with Gasteiger partial charge in [-0.2, -0.15) is 0 Å². The van der Waals surface area contributed by atoms with Crippen LogP contribution in [0.5, 0.6) is 0 Å². The molecule has 0 bridgehead atoms. The molecule has 0 unspecified atom stereocenters. The van der Waals surface area contributed by atoms with Crippen molar-refractivity contribution in [3.63, 3.8) is 0 Å². The number of aliphatic hydroxyl groups excluding tert-OH is 1. The molecule has 0 amide bonds. The molecule has 2 aromatic carbocycles. The summed E-state index contributed by atoms with van der Waals surface area (Å²) in [7, 11) is 0. The van der Waals surface area contributed by atoms with Gasteiger partial charge in [0.15, 0.2) is 5.43 Å². The molecule has 1 aliphatic heterocycles. The Labute approximate surface area is 187 Å². The molecule has 0 aliphatic carbocycles. The van der Waals surface area contributed by atoms with E-state index in [-0.39, 0.29) is 12.0 Å². The van der Waals surface area contributed by atoms with Crippen molar-refractivity contribution in [3.8, 4) is 0 Å². The summed E-state index contributed by atoms with van der Waals surface area (Å²) in [5.74, 6) is 0. The predicted molar refractivity (Wildman–Crippen MR) is 128 cm³/mol. The minimum absolute atomic E-state index is 0.00882. The Kier molecular flexibility index (Phi) is 5.97. The van der Waals surface area contributed by atoms with Gasteiger partial charge in [0.1, 0.15) is 5.58 Å². The van der Waals surface area contributed by atoms with Gasteiger partial charge in [-0.3, -0.25) is 9.69 Å². The topological polar surface area (TPSA) is 72.7 Å². The highest BCUT2D eigenvalue weighted by Gasteiger charge is 2.17. The van der Waals surface area contributed by atoms with E-state index >= 15 is 0 Å². The van der Waals surface area contributed by atoms with E-state index in [9.17, 15) is 9.90 Å². The highest BCUT2D eigenvalue weighted by Crippen LogP contribution is 2.23. The van der Waals surface area contributed by atoms with Gasteiger partial charge in [0.25, 0.3) is 0 Å². The highest BCUT2D eigenvalue weighted by atomic mass is 16.3. The quantitative estimate of drug-likeness (QED) is 0.434. The highest BCUT2D eigenvalue weighted by molar-refractivity contribution is 5.84. The van der Waals surface area contributed by atoms with E-state index in [2.05, 4.69) is 27.0 Å². The Morgan fingerprint density at radius 2 is 1.84 bits per heavy atom. The van der Waals surface area contributed by atoms with Crippen molar-refractivity contribution < 1.29 is 9.52 Å². The summed E-state index contributed by atoms with van der Waals surface area (Å²) in [5, 5.41) is 11.3. The lowest BCUT2D eigenvalue weighted by molar-refractivity contribution is 0.253. The van der Waals surface area contributed by atoms with Crippen LogP contribution in [-0.2, 0) is 13.0 Å². The van der Waals surface area contributed by atoms with Crippen LogP contribution in [0.2, 0.25) is 0 Å². The number of aryl methyl sites for hydroxylation is 1. The number of anilines is 1. The largest absolute Gasteiger partial charge is 0.464 e. The van der Waals surface area contributed by atoms with Crippen molar-refractivity contribution >= 4 is 27.6 Å². The zero-order valence-corrected chi connectivity index (χ0v) is 18.2. The number of piperazine rings is 1. The number of aliphatic hydroxyl groups is 1. The van der Waals surface area contributed by atoms with Gasteiger partial charge in [0, 0.05) is 55.0 Å². The first-order chi connectivity index (χ1) is 15.7. The number of H-pyrrole nitrogens is 1. The standard InChI is InChI=1S/C26H29N3O3/c30-18-19-4-6-24-22(15-19)20(17-27-24)3-1-2-9-28-10-12-29(13-11-28)21-5-7-26-23(16-21)25(31)8-14-32-26/h4-8,14-17,27,30H,1-3,9-13,18H2. The Hall–Kier alpha value is -3.09. The van der Waals surface area contributed by atoms with Crippen LogP contribution in [0.3, 0.4) is 0 Å². The molecule has 4 aromatic rings. The molecule has 166 valence electrons. The average Bonchev–Trinajstić information content (AvgIpc) is 3.24. The third-order valence-corrected chi connectivity index (χ3v) is 6.57. The molecule has 1 fully saturated rings. The van der Waals surface area contributed by atoms with E-state index in [4.69, 9.17) is 4.42 Å². The van der Waals surface area contributed by atoms with E-state index < -0.39 is 0 Å². The number of aromatic nitrogens is 1. The second kappa shape index (κ2) is 9.18. The van der Waals surface area contributed by atoms with Crippen LogP contribution in [-0.4, -0.2) is 47.7 Å². The SMILES string of the molecule is O=c1ccoc2ccc(N3CCN(CCCCc4c[nH]c5ccc(CO)cc45)CC3)cc12. The fourth-order valence-corrected chi connectivity index (χ4v) is 4.68. The second-order valence-corrected chi connectivity index (χ2v) is 8.60. The predicted octanol–water partition coefficient (Wildman–Crippen LogP) is 3.91. The van der Waals surface area contributed by atoms with Gasteiger partial charge in [-0.25, -0.2) is 0 Å². The number of benzene rings is 2. The molecule has 2 aromatic heterocycles. The molecule has 0 spiro atoms. The summed E-state index contributed by atoms with van der Waals surface area (Å²) in [6, 6.07) is 13.5. The van der Waals surface area contributed by atoms with Gasteiger partial charge in [0.05, 0.1) is 18.3 Å². The van der Waals surface area contributed by atoms with Crippen LogP contribution in [0.1, 0.15) is 24.0 Å². The number of fused-ring (bicyclic) bond motifs is 2. The minimum Gasteiger partial charge on any atom is -0.464 e. The number of hydrogen-bond acceptors (Lipinski definition) is 5. The Bertz CT molecular complexity index is 1270. The van der Waals surface area contributed by atoms with E-state index in [1.807, 2.05) is 30.3 Å². The molecule has 1 aliphatic rings. The smallest absolute Gasteiger partial charge is 0.192 e. The lowest BCUT2D eigenvalue weighted by Crippen LogP contribution is -2.46. The molecule has 6 heteroatoms. The lowest BCUT2D eigenvalue weighted by atomic mass is 10.0. The van der Waals surface area contributed by atoms with Gasteiger partial charge in [0.2, 0.25) is 0 Å². The Balaban J connectivity index is 1.11. The van der Waals surface area contributed by atoms with Crippen LogP contribution in [0.25, 0.3) is 21.9 Å². The molecule has 1 saturated heterocycles. The Morgan fingerprint density at radius 3 is 2.69 bits per heavy atom. The van der Waals surface area contributed by atoms with Crippen molar-refractivity contribution in [2.45, 2.75) is 25.9 Å². The van der Waals surface area contributed by atoms with Gasteiger partial charge < -0.3 is 19.4 Å². The number of aromatic amines is 1. The van der Waals surface area contributed by atoms with Gasteiger partial charge in [-0.15, -0.1) is 0 Å². The van der Waals surface area contributed by atoms with Crippen molar-refractivity contribution in [2.24, 2.45) is 0 Å². The summed E-state index contributed by atoms with van der Waals surface area (Å²) in [6.45, 7) is 5.20. The zero-order valence-electron chi connectivity index (χ0n) is 18.2. The molecule has 0 saturated carbocycles. The monoisotopic (exact) mass is 431 g/mol. The van der Waals surface area contributed by atoms with Crippen LogP contribution in [0.15, 0.2) is 64.1 Å². The molecule has 2 N–H and O–H groups in total. The maximum atomic E-state index is 12.1. The number of rotatable bonds is 7. The number of unbranched alkanes of at least 4 members (excludes halogenated alkanes) is 1. The van der Waals surface area contributed by atoms with Crippen molar-refractivity contribution in [1.82, 2.24) is 9.88 Å². The first-order valence-corrected chi connectivity index (χ1v) is 11.4. The molecule has 32 heavy (non-hydrogen) atoms. The van der Waals surface area contributed by atoms with E-state index in [1.54, 1.807) is 0 Å². The van der Waals surface area contributed by atoms with E-state index in [0.717, 1.165) is 62.3 Å². The summed E-state index contributed by atoms with van der Waals surface area (Å²) in [4.78, 5) is 20.3. The van der Waals surface area contributed by atoms with E-state index in [0.29, 0.717) is 11.0 Å². The van der Waals surface area contributed by atoms with Crippen LogP contribution >= 0.6 is 0 Å². The van der Waals surface area contributed by atoms with Crippen molar-refractivity contribution in [2.75, 3.05) is 37.6 Å². The summed E-state index contributed by atoms with van der Waals surface area (Å²) in [5.41, 5.74) is 5.18. The zero-order chi connectivity index (χ0) is 21.9. The minimum atomic E-state index is 0.00882. The third-order valence-electron chi connectivity index (χ3n) is 6.57. The number of hydrogen-bond donors (Lipinski definition) is 2. The maximum absolute atomic E-state index is 12.1. The normalized spacial score (nSPS) is 15.1. The van der Waals surface area contributed by atoms with Crippen molar-refractivity contribution in [3.05, 3.63) is 76.3 Å². The first-order valence-electron chi connectivity index (χ1n) is 11.4. The summed E-state index contributed by atoms with van der Waals surface area (Å²) < 4.78 is 5.43. The molecular formula is C26H29N3O3. The van der Waals surface area contributed by atoms with Crippen molar-refractivity contribution in [1.29, 1.82) is 0 Å². The average molecular weight is 432 g/mol. The molecular weight excluding hydrogens is 402 g/mol. The lowest BCUT2D eigenvalue weighted by Gasteiger charge is -2.36. The van der Waals surface area contributed by atoms with Crippen LogP contribution in [0, 0.1) is 0 Å². The number of nitrogens with zero attached hydrogens (tertiary/aromatic N) is 2. The first kappa shape index (κ1) is 20.8. The number of nitrogens with one attached hydrogen (secondary N) is 1. The van der Waals surface area contributed by atoms with Gasteiger partial charge in [-0.1, -0.05) is 6.07 Å². The fourth-order valence-electron chi connectivity index (χ4n) is 4.68. The molecule has 6 nitrogen and oxygen atoms in total. The molecule has 0 radical (unpaired) electrons.